The first-order valence-electron chi connectivity index (χ1n) is 7.15. The molecule has 0 heterocycles. The van der Waals surface area contributed by atoms with Crippen LogP contribution in [-0.2, 0) is 10.0 Å². The monoisotopic (exact) mass is 372 g/mol. The summed E-state index contributed by atoms with van der Waals surface area (Å²) in [5.41, 5.74) is 0.151. The fraction of sp³-hybridized carbons (Fsp3) is 0.188. The number of hydrogen-bond donors (Lipinski definition) is 1. The molecule has 0 fully saturated rings. The third-order valence-electron chi connectivity index (χ3n) is 3.30. The summed E-state index contributed by atoms with van der Waals surface area (Å²) in [6.45, 7) is -0.265. The van der Waals surface area contributed by atoms with Crippen LogP contribution in [0, 0.1) is 17.5 Å². The Morgan fingerprint density at radius 3 is 2.24 bits per heavy atom. The molecular weight excluding hydrogens is 357 g/mol. The highest BCUT2D eigenvalue weighted by Gasteiger charge is 2.19. The molecule has 0 aliphatic rings. The Labute approximate surface area is 143 Å². The molecule has 0 radical (unpaired) electrons. The minimum Gasteiger partial charge on any atom is -0.350 e. The molecule has 0 saturated carbocycles. The van der Waals surface area contributed by atoms with Crippen LogP contribution < -0.4 is 9.62 Å². The molecular formula is C16H15F3N2O3S. The Hall–Kier alpha value is -2.55. The lowest BCUT2D eigenvalue weighted by Crippen LogP contribution is -2.38. The molecule has 9 heteroatoms. The zero-order valence-corrected chi connectivity index (χ0v) is 14.0. The van der Waals surface area contributed by atoms with Gasteiger partial charge in [-0.15, -0.1) is 0 Å². The summed E-state index contributed by atoms with van der Waals surface area (Å²) in [5, 5.41) is 2.48. The van der Waals surface area contributed by atoms with E-state index in [4.69, 9.17) is 0 Å². The fourth-order valence-electron chi connectivity index (χ4n) is 2.10. The first kappa shape index (κ1) is 18.8. The number of hydrogen-bond acceptors (Lipinski definition) is 3. The average molecular weight is 372 g/mol. The standard InChI is InChI=1S/C16H15F3N2O3S/c1-25(23,24)21(13-6-7-14(18)15(19)10-13)9-8-20-16(22)11-2-4-12(17)5-3-11/h2-7,10H,8-9H2,1H3,(H,20,22). The number of anilines is 1. The van der Waals surface area contributed by atoms with Crippen molar-refractivity contribution in [1.29, 1.82) is 0 Å². The molecule has 0 unspecified atom stereocenters. The Morgan fingerprint density at radius 1 is 1.04 bits per heavy atom. The summed E-state index contributed by atoms with van der Waals surface area (Å²) in [6, 6.07) is 7.53. The van der Waals surface area contributed by atoms with Crippen LogP contribution in [0.4, 0.5) is 18.9 Å². The number of benzene rings is 2. The van der Waals surface area contributed by atoms with Crippen molar-refractivity contribution in [3.05, 3.63) is 65.5 Å². The number of carbonyl (C=O) groups excluding carboxylic acids is 1. The summed E-state index contributed by atoms with van der Waals surface area (Å²) >= 11 is 0. The van der Waals surface area contributed by atoms with Gasteiger partial charge < -0.3 is 5.32 Å². The van der Waals surface area contributed by atoms with Gasteiger partial charge in [0.1, 0.15) is 5.82 Å². The van der Waals surface area contributed by atoms with Gasteiger partial charge in [-0.25, -0.2) is 21.6 Å². The molecule has 25 heavy (non-hydrogen) atoms. The molecule has 0 bridgehead atoms. The molecule has 2 aromatic carbocycles. The van der Waals surface area contributed by atoms with Crippen molar-refractivity contribution in [2.24, 2.45) is 0 Å². The summed E-state index contributed by atoms with van der Waals surface area (Å²) in [4.78, 5) is 11.9. The van der Waals surface area contributed by atoms with Crippen LogP contribution in [0.1, 0.15) is 10.4 Å². The lowest BCUT2D eigenvalue weighted by Gasteiger charge is -2.22. The second kappa shape index (κ2) is 7.56. The second-order valence-electron chi connectivity index (χ2n) is 5.20. The van der Waals surface area contributed by atoms with Crippen molar-refractivity contribution in [3.8, 4) is 0 Å². The van der Waals surface area contributed by atoms with E-state index >= 15 is 0 Å². The largest absolute Gasteiger partial charge is 0.350 e. The van der Waals surface area contributed by atoms with E-state index in [2.05, 4.69) is 5.32 Å². The lowest BCUT2D eigenvalue weighted by molar-refractivity contribution is 0.0955. The van der Waals surface area contributed by atoms with Gasteiger partial charge in [0.25, 0.3) is 5.91 Å². The van der Waals surface area contributed by atoms with Gasteiger partial charge in [0, 0.05) is 18.2 Å². The average Bonchev–Trinajstić information content (AvgIpc) is 2.53. The van der Waals surface area contributed by atoms with Gasteiger partial charge >= 0.3 is 0 Å². The first-order valence-corrected chi connectivity index (χ1v) is 9.00. The van der Waals surface area contributed by atoms with Gasteiger partial charge in [-0.05, 0) is 36.4 Å². The third kappa shape index (κ3) is 4.96. The van der Waals surface area contributed by atoms with Crippen molar-refractivity contribution in [3.63, 3.8) is 0 Å². The molecule has 5 nitrogen and oxygen atoms in total. The first-order chi connectivity index (χ1) is 11.7. The SMILES string of the molecule is CS(=O)(=O)N(CCNC(=O)c1ccc(F)cc1)c1ccc(F)c(F)c1. The number of halogens is 3. The van der Waals surface area contributed by atoms with Crippen LogP contribution in [0.15, 0.2) is 42.5 Å². The number of amides is 1. The van der Waals surface area contributed by atoms with Gasteiger partial charge in [0.05, 0.1) is 18.5 Å². The highest BCUT2D eigenvalue weighted by atomic mass is 32.2. The Morgan fingerprint density at radius 2 is 1.68 bits per heavy atom. The van der Waals surface area contributed by atoms with Crippen molar-refractivity contribution in [2.75, 3.05) is 23.7 Å². The Bertz CT molecular complexity index is 871. The summed E-state index contributed by atoms with van der Waals surface area (Å²) < 4.78 is 63.7. The molecule has 0 aromatic heterocycles. The van der Waals surface area contributed by atoms with Crippen LogP contribution in [0.25, 0.3) is 0 Å². The van der Waals surface area contributed by atoms with E-state index in [1.807, 2.05) is 0 Å². The van der Waals surface area contributed by atoms with E-state index in [0.717, 1.165) is 40.9 Å². The third-order valence-corrected chi connectivity index (χ3v) is 4.49. The van der Waals surface area contributed by atoms with Crippen LogP contribution in [0.2, 0.25) is 0 Å². The maximum absolute atomic E-state index is 13.3. The highest BCUT2D eigenvalue weighted by Crippen LogP contribution is 2.20. The molecule has 1 amide bonds. The molecule has 0 aliphatic carbocycles. The van der Waals surface area contributed by atoms with Gasteiger partial charge in [-0.1, -0.05) is 0 Å². The van der Waals surface area contributed by atoms with Crippen LogP contribution in [0.5, 0.6) is 0 Å². The van der Waals surface area contributed by atoms with E-state index in [-0.39, 0.29) is 24.3 Å². The van der Waals surface area contributed by atoms with Crippen molar-refractivity contribution in [2.45, 2.75) is 0 Å². The predicted molar refractivity (Wildman–Crippen MR) is 87.3 cm³/mol. The molecule has 0 spiro atoms. The number of rotatable bonds is 6. The van der Waals surface area contributed by atoms with Gasteiger partial charge in [0.2, 0.25) is 10.0 Å². The number of carbonyl (C=O) groups is 1. The van der Waals surface area contributed by atoms with E-state index in [1.165, 1.54) is 12.1 Å². The topological polar surface area (TPSA) is 66.5 Å². The molecule has 2 rings (SSSR count). The van der Waals surface area contributed by atoms with Crippen LogP contribution in [0.3, 0.4) is 0 Å². The van der Waals surface area contributed by atoms with Gasteiger partial charge in [-0.3, -0.25) is 9.10 Å². The molecule has 134 valence electrons. The predicted octanol–water partition coefficient (Wildman–Crippen LogP) is 2.30. The molecule has 0 aliphatic heterocycles. The zero-order valence-electron chi connectivity index (χ0n) is 13.2. The zero-order chi connectivity index (χ0) is 18.6. The van der Waals surface area contributed by atoms with E-state index in [0.29, 0.717) is 0 Å². The normalized spacial score (nSPS) is 11.2. The number of sulfonamides is 1. The smallest absolute Gasteiger partial charge is 0.251 e. The van der Waals surface area contributed by atoms with Crippen molar-refractivity contribution in [1.82, 2.24) is 5.32 Å². The maximum Gasteiger partial charge on any atom is 0.251 e. The molecule has 2 aromatic rings. The quantitative estimate of drug-likeness (QED) is 0.846. The van der Waals surface area contributed by atoms with E-state index in [1.54, 1.807) is 0 Å². The van der Waals surface area contributed by atoms with Crippen LogP contribution >= 0.6 is 0 Å². The number of nitrogens with one attached hydrogen (secondary N) is 1. The fourth-order valence-corrected chi connectivity index (χ4v) is 3.02. The van der Waals surface area contributed by atoms with E-state index in [9.17, 15) is 26.4 Å². The maximum atomic E-state index is 13.3. The van der Waals surface area contributed by atoms with Crippen LogP contribution in [-0.4, -0.2) is 33.7 Å². The molecule has 0 atom stereocenters. The highest BCUT2D eigenvalue weighted by molar-refractivity contribution is 7.92. The van der Waals surface area contributed by atoms with E-state index < -0.39 is 33.4 Å². The van der Waals surface area contributed by atoms with Crippen molar-refractivity contribution >= 4 is 21.6 Å². The minimum atomic E-state index is -3.77. The second-order valence-corrected chi connectivity index (χ2v) is 7.10. The summed E-state index contributed by atoms with van der Waals surface area (Å²) in [6.07, 6.45) is 0.913. The van der Waals surface area contributed by atoms with Crippen molar-refractivity contribution < 1.29 is 26.4 Å². The number of nitrogens with zero attached hydrogens (tertiary/aromatic N) is 1. The molecule has 1 N–H and O–H groups in total. The lowest BCUT2D eigenvalue weighted by atomic mass is 10.2. The van der Waals surface area contributed by atoms with Gasteiger partial charge in [-0.2, -0.15) is 0 Å². The minimum absolute atomic E-state index is 0.0579. The Kier molecular flexibility index (Phi) is 5.68. The summed E-state index contributed by atoms with van der Waals surface area (Å²) in [7, 11) is -3.77. The Balaban J connectivity index is 2.07. The summed E-state index contributed by atoms with van der Waals surface area (Å²) in [5.74, 6) is -3.28. The van der Waals surface area contributed by atoms with Gasteiger partial charge in [0.15, 0.2) is 11.6 Å². The molecule has 0 saturated heterocycles.